The van der Waals surface area contributed by atoms with Crippen LogP contribution in [0.25, 0.3) is 0 Å². The maximum atomic E-state index is 12.8. The molecule has 0 saturated heterocycles. The Bertz CT molecular complexity index is 487. The summed E-state index contributed by atoms with van der Waals surface area (Å²) in [6, 6.07) is 0.336. The molecular formula is C20H41NO2SSi. The number of rotatable bonds is 4. The van der Waals surface area contributed by atoms with E-state index >= 15 is 0 Å². The summed E-state index contributed by atoms with van der Waals surface area (Å²) < 4.78 is 22.9. The fourth-order valence-corrected chi connectivity index (χ4v) is 6.49. The Balaban J connectivity index is 2.15. The Morgan fingerprint density at radius 3 is 2.08 bits per heavy atom. The molecule has 0 aromatic rings. The molecule has 2 aliphatic carbocycles. The first-order valence-corrected chi connectivity index (χ1v) is 14.2. The van der Waals surface area contributed by atoms with Gasteiger partial charge in [-0.25, -0.2) is 8.93 Å². The van der Waals surface area contributed by atoms with Gasteiger partial charge in [0.1, 0.15) is 0 Å². The minimum Gasteiger partial charge on any atom is -0.414 e. The minimum absolute atomic E-state index is 0.214. The molecule has 1 spiro atoms. The van der Waals surface area contributed by atoms with Crippen molar-refractivity contribution in [1.29, 1.82) is 0 Å². The van der Waals surface area contributed by atoms with E-state index in [-0.39, 0.29) is 9.79 Å². The number of nitrogens with one attached hydrogen (secondary N) is 1. The molecule has 0 aliphatic heterocycles. The molecule has 0 bridgehead atoms. The van der Waals surface area contributed by atoms with Crippen molar-refractivity contribution in [2.45, 2.75) is 122 Å². The van der Waals surface area contributed by atoms with E-state index in [1.807, 2.05) is 0 Å². The van der Waals surface area contributed by atoms with Crippen LogP contribution in [0, 0.1) is 5.41 Å². The summed E-state index contributed by atoms with van der Waals surface area (Å²) in [4.78, 5) is 0. The van der Waals surface area contributed by atoms with Gasteiger partial charge in [0.2, 0.25) is 0 Å². The second-order valence-electron chi connectivity index (χ2n) is 10.9. The Morgan fingerprint density at radius 2 is 1.60 bits per heavy atom. The van der Waals surface area contributed by atoms with Crippen molar-refractivity contribution >= 4 is 19.3 Å². The summed E-state index contributed by atoms with van der Waals surface area (Å²) in [5.74, 6) is 0. The minimum atomic E-state index is -1.76. The molecule has 2 saturated carbocycles. The lowest BCUT2D eigenvalue weighted by atomic mass is 9.70. The van der Waals surface area contributed by atoms with Gasteiger partial charge in [0.05, 0.1) is 15.7 Å². The van der Waals surface area contributed by atoms with Crippen LogP contribution in [0.3, 0.4) is 0 Å². The second kappa shape index (κ2) is 7.37. The average Bonchev–Trinajstić information content (AvgIpc) is 2.73. The quantitative estimate of drug-likeness (QED) is 0.643. The Kier molecular flexibility index (Phi) is 6.36. The van der Waals surface area contributed by atoms with Gasteiger partial charge in [-0.1, -0.05) is 40.0 Å². The summed E-state index contributed by atoms with van der Waals surface area (Å²) in [6.45, 7) is 17.8. The smallest absolute Gasteiger partial charge is 0.192 e. The van der Waals surface area contributed by atoms with E-state index in [1.54, 1.807) is 0 Å². The highest BCUT2D eigenvalue weighted by Gasteiger charge is 2.51. The third kappa shape index (κ3) is 4.97. The van der Waals surface area contributed by atoms with E-state index in [0.717, 1.165) is 12.8 Å². The largest absolute Gasteiger partial charge is 0.414 e. The summed E-state index contributed by atoms with van der Waals surface area (Å²) in [7, 11) is -2.76. The van der Waals surface area contributed by atoms with Crippen molar-refractivity contribution in [3.8, 4) is 0 Å². The predicted molar refractivity (Wildman–Crippen MR) is 112 cm³/mol. The van der Waals surface area contributed by atoms with Gasteiger partial charge in [-0.05, 0) is 70.0 Å². The van der Waals surface area contributed by atoms with Crippen molar-refractivity contribution < 1.29 is 8.63 Å². The lowest BCUT2D eigenvalue weighted by Crippen LogP contribution is -2.47. The summed E-state index contributed by atoms with van der Waals surface area (Å²) >= 11 is 0. The van der Waals surface area contributed by atoms with Gasteiger partial charge >= 0.3 is 0 Å². The third-order valence-corrected chi connectivity index (χ3v) is 12.9. The molecule has 0 aromatic carbocycles. The van der Waals surface area contributed by atoms with Crippen LogP contribution in [0.4, 0.5) is 0 Å². The van der Waals surface area contributed by atoms with E-state index in [1.165, 1.54) is 32.1 Å². The van der Waals surface area contributed by atoms with Crippen LogP contribution in [0.1, 0.15) is 86.5 Å². The molecular weight excluding hydrogens is 346 g/mol. The average molecular weight is 388 g/mol. The zero-order valence-electron chi connectivity index (χ0n) is 17.8. The molecule has 5 heteroatoms. The van der Waals surface area contributed by atoms with Crippen LogP contribution in [0.2, 0.25) is 18.1 Å². The predicted octanol–water partition coefficient (Wildman–Crippen LogP) is 5.54. The molecule has 3 nitrogen and oxygen atoms in total. The Morgan fingerprint density at radius 1 is 1.04 bits per heavy atom. The van der Waals surface area contributed by atoms with Crippen molar-refractivity contribution in [2.24, 2.45) is 5.41 Å². The van der Waals surface area contributed by atoms with Gasteiger partial charge in [-0.15, -0.1) is 0 Å². The molecule has 0 aromatic heterocycles. The molecule has 2 aliphatic rings. The fraction of sp³-hybridized carbons (Fsp3) is 1.00. The van der Waals surface area contributed by atoms with Crippen molar-refractivity contribution in [3.63, 3.8) is 0 Å². The standard InChI is InChI=1S/C20H41NO2SSi/c1-18(2,3)24(22)21-17-14-16(23-25(7,8)19(4,5)6)15-20(17)12-10-9-11-13-20/h16-17,21H,9-15H2,1-8H3/t16-,17+,24?/m0/s1. The third-order valence-electron chi connectivity index (χ3n) is 6.79. The first kappa shape index (κ1) is 21.6. The van der Waals surface area contributed by atoms with Gasteiger partial charge in [0, 0.05) is 12.1 Å². The lowest BCUT2D eigenvalue weighted by molar-refractivity contribution is 0.131. The maximum Gasteiger partial charge on any atom is 0.192 e. The molecule has 1 N–H and O–H groups in total. The van der Waals surface area contributed by atoms with Crippen LogP contribution in [0.5, 0.6) is 0 Å². The highest BCUT2D eigenvalue weighted by molar-refractivity contribution is 7.84. The molecule has 0 radical (unpaired) electrons. The highest BCUT2D eigenvalue weighted by atomic mass is 32.2. The summed E-state index contributed by atoms with van der Waals surface area (Å²) in [6.07, 6.45) is 9.01. The van der Waals surface area contributed by atoms with Crippen molar-refractivity contribution in [1.82, 2.24) is 4.72 Å². The highest BCUT2D eigenvalue weighted by Crippen LogP contribution is 2.51. The van der Waals surface area contributed by atoms with Gasteiger partial charge < -0.3 is 4.43 Å². The van der Waals surface area contributed by atoms with E-state index < -0.39 is 19.3 Å². The number of hydrogen-bond acceptors (Lipinski definition) is 2. The van der Waals surface area contributed by atoms with E-state index in [2.05, 4.69) is 59.4 Å². The Hall–Kier alpha value is 0.287. The molecule has 0 amide bonds. The monoisotopic (exact) mass is 387 g/mol. The molecule has 25 heavy (non-hydrogen) atoms. The van der Waals surface area contributed by atoms with Crippen LogP contribution < -0.4 is 4.72 Å². The maximum absolute atomic E-state index is 12.8. The first-order valence-electron chi connectivity index (χ1n) is 10.1. The molecule has 148 valence electrons. The fourth-order valence-electron chi connectivity index (χ4n) is 4.16. The molecule has 0 heterocycles. The first-order chi connectivity index (χ1) is 11.3. The molecule has 3 atom stereocenters. The van der Waals surface area contributed by atoms with Crippen molar-refractivity contribution in [3.05, 3.63) is 0 Å². The zero-order chi connectivity index (χ0) is 19.1. The lowest BCUT2D eigenvalue weighted by Gasteiger charge is -2.40. The summed E-state index contributed by atoms with van der Waals surface area (Å²) in [5.41, 5.74) is 0.298. The molecule has 2 fully saturated rings. The van der Waals surface area contributed by atoms with Crippen LogP contribution >= 0.6 is 0 Å². The molecule has 2 rings (SSSR count). The van der Waals surface area contributed by atoms with E-state index in [4.69, 9.17) is 4.43 Å². The van der Waals surface area contributed by atoms with E-state index in [9.17, 15) is 4.21 Å². The van der Waals surface area contributed by atoms with Crippen molar-refractivity contribution in [2.75, 3.05) is 0 Å². The van der Waals surface area contributed by atoms with Crippen LogP contribution in [-0.4, -0.2) is 29.4 Å². The topological polar surface area (TPSA) is 38.3 Å². The van der Waals surface area contributed by atoms with Crippen LogP contribution in [-0.2, 0) is 15.4 Å². The van der Waals surface area contributed by atoms with Gasteiger partial charge in [0.15, 0.2) is 8.32 Å². The second-order valence-corrected chi connectivity index (χ2v) is 17.7. The van der Waals surface area contributed by atoms with Crippen LogP contribution in [0.15, 0.2) is 0 Å². The van der Waals surface area contributed by atoms with Gasteiger partial charge in [-0.3, -0.25) is 0 Å². The van der Waals surface area contributed by atoms with Gasteiger partial charge in [0.25, 0.3) is 0 Å². The van der Waals surface area contributed by atoms with Gasteiger partial charge in [-0.2, -0.15) is 0 Å². The molecule has 1 unspecified atom stereocenters. The van der Waals surface area contributed by atoms with E-state index in [0.29, 0.717) is 17.6 Å². The summed E-state index contributed by atoms with van der Waals surface area (Å²) in [5, 5.41) is 0.243. The Labute approximate surface area is 159 Å². The number of hydrogen-bond donors (Lipinski definition) is 1. The normalized spacial score (nSPS) is 29.1. The SMILES string of the molecule is CC(C)(C)S(=O)N[C@@H]1C[C@H](O[Si](C)(C)C(C)(C)C)CC12CCCCC2. The zero-order valence-corrected chi connectivity index (χ0v) is 19.6.